The van der Waals surface area contributed by atoms with E-state index < -0.39 is 0 Å². The number of fused-ring (bicyclic) bond motifs is 1. The first kappa shape index (κ1) is 13.0. The molecule has 0 radical (unpaired) electrons. The summed E-state index contributed by atoms with van der Waals surface area (Å²) in [7, 11) is 0. The Morgan fingerprint density at radius 1 is 1.20 bits per heavy atom. The first-order valence-electron chi connectivity index (χ1n) is 5.97. The normalized spacial score (nSPS) is 10.7. The lowest BCUT2D eigenvalue weighted by Gasteiger charge is -2.09. The number of rotatable bonds is 2. The van der Waals surface area contributed by atoms with Gasteiger partial charge in [-0.05, 0) is 30.3 Å². The van der Waals surface area contributed by atoms with Gasteiger partial charge in [-0.2, -0.15) is 5.26 Å². The van der Waals surface area contributed by atoms with Crippen LogP contribution in [0.25, 0.3) is 16.7 Å². The smallest absolute Gasteiger partial charge is 0.129 e. The number of benzene rings is 2. The van der Waals surface area contributed by atoms with Crippen LogP contribution in [-0.2, 0) is 5.88 Å². The first-order chi connectivity index (χ1) is 9.74. The largest absolute Gasteiger partial charge is 0.294 e. The summed E-state index contributed by atoms with van der Waals surface area (Å²) in [5.74, 6) is 0.965. The molecule has 0 unspecified atom stereocenters. The summed E-state index contributed by atoms with van der Waals surface area (Å²) in [4.78, 5) is 4.49. The fourth-order valence-corrected chi connectivity index (χ4v) is 2.59. The Balaban J connectivity index is 2.38. The highest BCUT2D eigenvalue weighted by Crippen LogP contribution is 2.28. The van der Waals surface area contributed by atoms with Crippen molar-refractivity contribution in [3.05, 3.63) is 58.9 Å². The number of nitrogens with zero attached hydrogens (tertiary/aromatic N) is 3. The fraction of sp³-hybridized carbons (Fsp3) is 0.0667. The second-order valence-electron chi connectivity index (χ2n) is 4.26. The number of para-hydroxylation sites is 1. The highest BCUT2D eigenvalue weighted by atomic mass is 35.5. The molecule has 1 aromatic heterocycles. The van der Waals surface area contributed by atoms with Gasteiger partial charge in [0.15, 0.2) is 0 Å². The second-order valence-corrected chi connectivity index (χ2v) is 4.94. The number of alkyl halides is 1. The van der Waals surface area contributed by atoms with E-state index in [2.05, 4.69) is 11.1 Å². The second kappa shape index (κ2) is 5.16. The minimum atomic E-state index is 0.266. The van der Waals surface area contributed by atoms with Crippen LogP contribution in [0.15, 0.2) is 42.5 Å². The highest BCUT2D eigenvalue weighted by molar-refractivity contribution is 6.32. The van der Waals surface area contributed by atoms with Crippen molar-refractivity contribution in [2.24, 2.45) is 0 Å². The van der Waals surface area contributed by atoms with E-state index in [0.29, 0.717) is 16.4 Å². The van der Waals surface area contributed by atoms with E-state index in [9.17, 15) is 0 Å². The van der Waals surface area contributed by atoms with Gasteiger partial charge in [-0.3, -0.25) is 4.57 Å². The van der Waals surface area contributed by atoms with Crippen LogP contribution in [-0.4, -0.2) is 9.55 Å². The third-order valence-corrected chi connectivity index (χ3v) is 3.62. The third kappa shape index (κ3) is 2.03. The zero-order valence-electron chi connectivity index (χ0n) is 10.3. The molecule has 0 aliphatic carbocycles. The number of nitriles is 1. The average molecular weight is 302 g/mol. The van der Waals surface area contributed by atoms with Gasteiger partial charge in [0.2, 0.25) is 0 Å². The van der Waals surface area contributed by atoms with E-state index >= 15 is 0 Å². The molecule has 98 valence electrons. The van der Waals surface area contributed by atoms with Gasteiger partial charge in [-0.25, -0.2) is 4.98 Å². The van der Waals surface area contributed by atoms with Crippen LogP contribution in [0.4, 0.5) is 0 Å². The molecule has 0 amide bonds. The van der Waals surface area contributed by atoms with Crippen molar-refractivity contribution in [1.29, 1.82) is 5.26 Å². The van der Waals surface area contributed by atoms with Crippen LogP contribution >= 0.6 is 23.2 Å². The summed E-state index contributed by atoms with van der Waals surface area (Å²) in [6.07, 6.45) is 0. The molecule has 2 aromatic carbocycles. The summed E-state index contributed by atoms with van der Waals surface area (Å²) < 4.78 is 1.89. The standard InChI is InChI=1S/C15H9Cl2N3/c16-8-15-19-12-6-5-10(9-18)7-14(12)20(15)13-4-2-1-3-11(13)17/h1-7H,8H2. The minimum absolute atomic E-state index is 0.266. The monoisotopic (exact) mass is 301 g/mol. The van der Waals surface area contributed by atoms with Crippen molar-refractivity contribution in [3.8, 4) is 11.8 Å². The van der Waals surface area contributed by atoms with Crippen molar-refractivity contribution in [1.82, 2.24) is 9.55 Å². The van der Waals surface area contributed by atoms with Gasteiger partial charge >= 0.3 is 0 Å². The molecule has 0 aliphatic rings. The van der Waals surface area contributed by atoms with Crippen LogP contribution in [0.2, 0.25) is 5.02 Å². The van der Waals surface area contributed by atoms with Gasteiger partial charge in [0.25, 0.3) is 0 Å². The predicted octanol–water partition coefficient (Wildman–Crippen LogP) is 4.29. The van der Waals surface area contributed by atoms with E-state index in [1.165, 1.54) is 0 Å². The quantitative estimate of drug-likeness (QED) is 0.663. The third-order valence-electron chi connectivity index (χ3n) is 3.07. The lowest BCUT2D eigenvalue weighted by Crippen LogP contribution is -2.00. The molecule has 20 heavy (non-hydrogen) atoms. The molecule has 0 spiro atoms. The van der Waals surface area contributed by atoms with E-state index in [-0.39, 0.29) is 5.88 Å². The highest BCUT2D eigenvalue weighted by Gasteiger charge is 2.14. The van der Waals surface area contributed by atoms with Crippen LogP contribution in [0.3, 0.4) is 0 Å². The first-order valence-corrected chi connectivity index (χ1v) is 6.88. The number of aromatic nitrogens is 2. The maximum atomic E-state index is 9.05. The van der Waals surface area contributed by atoms with E-state index in [4.69, 9.17) is 28.5 Å². The Morgan fingerprint density at radius 3 is 2.70 bits per heavy atom. The van der Waals surface area contributed by atoms with E-state index in [1.54, 1.807) is 12.1 Å². The van der Waals surface area contributed by atoms with Crippen molar-refractivity contribution in [2.45, 2.75) is 5.88 Å². The minimum Gasteiger partial charge on any atom is -0.294 e. The van der Waals surface area contributed by atoms with Gasteiger partial charge in [0.05, 0.1) is 39.3 Å². The number of hydrogen-bond acceptors (Lipinski definition) is 2. The summed E-state index contributed by atoms with van der Waals surface area (Å²) in [6, 6.07) is 15.0. The SMILES string of the molecule is N#Cc1ccc2nc(CCl)n(-c3ccccc3Cl)c2c1. The van der Waals surface area contributed by atoms with E-state index in [0.717, 1.165) is 16.7 Å². The summed E-state index contributed by atoms with van der Waals surface area (Å²) in [5.41, 5.74) is 3.00. The molecule has 0 fully saturated rings. The zero-order chi connectivity index (χ0) is 14.1. The summed E-state index contributed by atoms with van der Waals surface area (Å²) >= 11 is 12.2. The molecule has 0 saturated carbocycles. The Bertz CT molecular complexity index is 831. The van der Waals surface area contributed by atoms with E-state index in [1.807, 2.05) is 34.9 Å². The van der Waals surface area contributed by atoms with Crippen molar-refractivity contribution in [2.75, 3.05) is 0 Å². The molecule has 3 aromatic rings. The molecule has 0 bridgehead atoms. The molecule has 1 heterocycles. The Labute approximate surface area is 126 Å². The number of halogens is 2. The van der Waals surface area contributed by atoms with Crippen LogP contribution in [0, 0.1) is 11.3 Å². The van der Waals surface area contributed by atoms with Crippen molar-refractivity contribution < 1.29 is 0 Å². The molecule has 0 atom stereocenters. The fourth-order valence-electron chi connectivity index (χ4n) is 2.19. The molecular weight excluding hydrogens is 293 g/mol. The molecular formula is C15H9Cl2N3. The van der Waals surface area contributed by atoms with Gasteiger partial charge in [-0.1, -0.05) is 23.7 Å². The Morgan fingerprint density at radius 2 is 2.00 bits per heavy atom. The molecule has 0 N–H and O–H groups in total. The number of hydrogen-bond donors (Lipinski definition) is 0. The predicted molar refractivity (Wildman–Crippen MR) is 80.4 cm³/mol. The number of imidazole rings is 1. The van der Waals surface area contributed by atoms with Crippen molar-refractivity contribution in [3.63, 3.8) is 0 Å². The van der Waals surface area contributed by atoms with Gasteiger partial charge in [0, 0.05) is 0 Å². The Kier molecular flexibility index (Phi) is 3.35. The van der Waals surface area contributed by atoms with Crippen LogP contribution < -0.4 is 0 Å². The molecule has 5 heteroatoms. The average Bonchev–Trinajstić information content (AvgIpc) is 2.85. The van der Waals surface area contributed by atoms with Crippen LogP contribution in [0.5, 0.6) is 0 Å². The maximum absolute atomic E-state index is 9.05. The van der Waals surface area contributed by atoms with Crippen molar-refractivity contribution >= 4 is 34.2 Å². The van der Waals surface area contributed by atoms with Gasteiger partial charge < -0.3 is 0 Å². The molecule has 3 rings (SSSR count). The van der Waals surface area contributed by atoms with Gasteiger partial charge in [0.1, 0.15) is 5.82 Å². The lowest BCUT2D eigenvalue weighted by molar-refractivity contribution is 0.982. The molecule has 0 aliphatic heterocycles. The lowest BCUT2D eigenvalue weighted by atomic mass is 10.2. The summed E-state index contributed by atoms with van der Waals surface area (Å²) in [6.45, 7) is 0. The summed E-state index contributed by atoms with van der Waals surface area (Å²) in [5, 5.41) is 9.66. The van der Waals surface area contributed by atoms with Gasteiger partial charge in [-0.15, -0.1) is 11.6 Å². The molecule has 0 saturated heterocycles. The topological polar surface area (TPSA) is 41.6 Å². The zero-order valence-corrected chi connectivity index (χ0v) is 11.9. The van der Waals surface area contributed by atoms with Crippen LogP contribution in [0.1, 0.15) is 11.4 Å². The maximum Gasteiger partial charge on any atom is 0.129 e. The molecule has 3 nitrogen and oxygen atoms in total. The Hall–Kier alpha value is -2.02.